The van der Waals surface area contributed by atoms with Crippen LogP contribution in [0.4, 0.5) is 0 Å². The van der Waals surface area contributed by atoms with E-state index in [-0.39, 0.29) is 5.75 Å². The third-order valence-electron chi connectivity index (χ3n) is 2.10. The van der Waals surface area contributed by atoms with Crippen LogP contribution in [-0.2, 0) is 11.2 Å². The van der Waals surface area contributed by atoms with Gasteiger partial charge in [-0.15, -0.1) is 0 Å². The molecular formula is C13H20O4. The lowest BCUT2D eigenvalue weighted by Crippen LogP contribution is -2.22. The van der Waals surface area contributed by atoms with Crippen molar-refractivity contribution in [3.8, 4) is 11.5 Å². The highest BCUT2D eigenvalue weighted by Gasteiger charge is 2.12. The summed E-state index contributed by atoms with van der Waals surface area (Å²) in [5.41, 5.74) is 0.810. The van der Waals surface area contributed by atoms with Gasteiger partial charge in [0.25, 0.3) is 0 Å². The molecule has 1 rings (SSSR count). The van der Waals surface area contributed by atoms with E-state index in [4.69, 9.17) is 9.84 Å². The van der Waals surface area contributed by atoms with Gasteiger partial charge in [0.1, 0.15) is 11.5 Å². The summed E-state index contributed by atoms with van der Waals surface area (Å²) in [4.78, 5) is 10.5. The van der Waals surface area contributed by atoms with Crippen LogP contribution in [0, 0.1) is 0 Å². The van der Waals surface area contributed by atoms with Crippen LogP contribution in [0.25, 0.3) is 0 Å². The molecule has 0 aliphatic rings. The zero-order chi connectivity index (χ0) is 13.4. The van der Waals surface area contributed by atoms with E-state index < -0.39 is 12.1 Å². The number of phenols is 1. The molecule has 0 saturated heterocycles. The van der Waals surface area contributed by atoms with E-state index in [2.05, 4.69) is 0 Å². The molecular weight excluding hydrogens is 220 g/mol. The molecule has 1 aromatic carbocycles. The number of carboxylic acids is 1. The molecule has 2 N–H and O–H groups in total. The normalized spacial score (nSPS) is 11.1. The second-order valence-electron chi connectivity index (χ2n) is 3.24. The van der Waals surface area contributed by atoms with Gasteiger partial charge < -0.3 is 14.9 Å². The summed E-state index contributed by atoms with van der Waals surface area (Å²) in [6, 6.07) is 4.80. The SMILES string of the molecule is CC.CCc1ccc(OC(C)C(=O)O)cc1O. The summed E-state index contributed by atoms with van der Waals surface area (Å²) in [6.07, 6.45) is -0.197. The molecule has 17 heavy (non-hydrogen) atoms. The minimum absolute atomic E-state index is 0.132. The lowest BCUT2D eigenvalue weighted by molar-refractivity contribution is -0.144. The molecule has 0 fully saturated rings. The quantitative estimate of drug-likeness (QED) is 0.849. The largest absolute Gasteiger partial charge is 0.508 e. The Balaban J connectivity index is 0.00000121. The van der Waals surface area contributed by atoms with Gasteiger partial charge >= 0.3 is 5.97 Å². The van der Waals surface area contributed by atoms with Crippen LogP contribution in [0.5, 0.6) is 11.5 Å². The topological polar surface area (TPSA) is 66.8 Å². The fourth-order valence-electron chi connectivity index (χ4n) is 1.17. The van der Waals surface area contributed by atoms with Gasteiger partial charge in [-0.25, -0.2) is 4.79 Å². The van der Waals surface area contributed by atoms with Crippen molar-refractivity contribution in [2.24, 2.45) is 0 Å². The van der Waals surface area contributed by atoms with Crippen molar-refractivity contribution < 1.29 is 19.7 Å². The lowest BCUT2D eigenvalue weighted by Gasteiger charge is -2.11. The number of phenolic OH excluding ortho intramolecular Hbond substituents is 1. The minimum Gasteiger partial charge on any atom is -0.508 e. The van der Waals surface area contributed by atoms with Crippen LogP contribution in [-0.4, -0.2) is 22.3 Å². The van der Waals surface area contributed by atoms with Crippen LogP contribution >= 0.6 is 0 Å². The Morgan fingerprint density at radius 2 is 2.00 bits per heavy atom. The zero-order valence-electron chi connectivity index (χ0n) is 10.7. The summed E-state index contributed by atoms with van der Waals surface area (Å²) in [5, 5.41) is 18.1. The first-order chi connectivity index (χ1) is 8.04. The minimum atomic E-state index is -1.03. The van der Waals surface area contributed by atoms with Crippen molar-refractivity contribution in [3.63, 3.8) is 0 Å². The number of carboxylic acid groups (broad SMARTS) is 1. The first-order valence-electron chi connectivity index (χ1n) is 5.76. The zero-order valence-corrected chi connectivity index (χ0v) is 10.7. The molecule has 4 heteroatoms. The number of aryl methyl sites for hydroxylation is 1. The molecule has 1 atom stereocenters. The van der Waals surface area contributed by atoms with Gasteiger partial charge in [-0.3, -0.25) is 0 Å². The maximum atomic E-state index is 10.5. The van der Waals surface area contributed by atoms with Gasteiger partial charge in [0.05, 0.1) is 0 Å². The second-order valence-corrected chi connectivity index (χ2v) is 3.24. The van der Waals surface area contributed by atoms with Crippen molar-refractivity contribution >= 4 is 5.97 Å². The maximum absolute atomic E-state index is 10.5. The molecule has 96 valence electrons. The monoisotopic (exact) mass is 240 g/mol. The van der Waals surface area contributed by atoms with Crippen molar-refractivity contribution in [2.75, 3.05) is 0 Å². The molecule has 0 radical (unpaired) electrons. The van der Waals surface area contributed by atoms with Gasteiger partial charge in [0.15, 0.2) is 6.10 Å². The predicted octanol–water partition coefficient (Wildman–Crippen LogP) is 2.83. The van der Waals surface area contributed by atoms with Gasteiger partial charge in [-0.2, -0.15) is 0 Å². The van der Waals surface area contributed by atoms with Crippen LogP contribution in [0.3, 0.4) is 0 Å². The molecule has 0 amide bonds. The standard InChI is InChI=1S/C11H14O4.C2H6/c1-3-8-4-5-9(6-10(8)12)15-7(2)11(13)14;1-2/h4-7,12H,3H2,1-2H3,(H,13,14);1-2H3. The first-order valence-corrected chi connectivity index (χ1v) is 5.76. The Morgan fingerprint density at radius 3 is 2.41 bits per heavy atom. The highest BCUT2D eigenvalue weighted by molar-refractivity contribution is 5.72. The number of hydrogen-bond acceptors (Lipinski definition) is 3. The third kappa shape index (κ3) is 4.76. The highest BCUT2D eigenvalue weighted by atomic mass is 16.5. The van der Waals surface area contributed by atoms with Gasteiger partial charge in [0.2, 0.25) is 0 Å². The van der Waals surface area contributed by atoms with Crippen molar-refractivity contribution in [3.05, 3.63) is 23.8 Å². The average Bonchev–Trinajstić information content (AvgIpc) is 2.31. The number of aliphatic carboxylic acids is 1. The molecule has 1 unspecified atom stereocenters. The second kappa shape index (κ2) is 7.54. The number of aromatic hydroxyl groups is 1. The molecule has 0 aliphatic heterocycles. The van der Waals surface area contributed by atoms with E-state index in [9.17, 15) is 9.90 Å². The van der Waals surface area contributed by atoms with Gasteiger partial charge in [-0.1, -0.05) is 26.8 Å². The maximum Gasteiger partial charge on any atom is 0.344 e. The average molecular weight is 240 g/mol. The fourth-order valence-corrected chi connectivity index (χ4v) is 1.17. The molecule has 0 saturated carbocycles. The Labute approximate surface area is 102 Å². The molecule has 0 spiro atoms. The van der Waals surface area contributed by atoms with E-state index in [1.165, 1.54) is 13.0 Å². The highest BCUT2D eigenvalue weighted by Crippen LogP contribution is 2.24. The number of rotatable bonds is 4. The van der Waals surface area contributed by atoms with Crippen LogP contribution in [0.1, 0.15) is 33.3 Å². The summed E-state index contributed by atoms with van der Waals surface area (Å²) in [6.45, 7) is 7.36. The first kappa shape index (κ1) is 15.3. The molecule has 4 nitrogen and oxygen atoms in total. The molecule has 0 heterocycles. The molecule has 0 bridgehead atoms. The Hall–Kier alpha value is -1.71. The number of hydrogen-bond donors (Lipinski definition) is 2. The van der Waals surface area contributed by atoms with Gasteiger partial charge in [-0.05, 0) is 25.0 Å². The predicted molar refractivity (Wildman–Crippen MR) is 66.6 cm³/mol. The van der Waals surface area contributed by atoms with E-state index in [0.717, 1.165) is 12.0 Å². The Bertz CT molecular complexity index is 360. The molecule has 0 aromatic heterocycles. The smallest absolute Gasteiger partial charge is 0.344 e. The van der Waals surface area contributed by atoms with E-state index >= 15 is 0 Å². The van der Waals surface area contributed by atoms with Gasteiger partial charge in [0, 0.05) is 6.07 Å². The lowest BCUT2D eigenvalue weighted by atomic mass is 10.1. The summed E-state index contributed by atoms with van der Waals surface area (Å²) in [5.74, 6) is -0.541. The molecule has 1 aromatic rings. The summed E-state index contributed by atoms with van der Waals surface area (Å²) < 4.78 is 5.10. The van der Waals surface area contributed by atoms with E-state index in [1.807, 2.05) is 20.8 Å². The molecule has 0 aliphatic carbocycles. The number of benzene rings is 1. The Kier molecular flexibility index (Phi) is 6.79. The summed E-state index contributed by atoms with van der Waals surface area (Å²) in [7, 11) is 0. The van der Waals surface area contributed by atoms with Crippen molar-refractivity contribution in [1.29, 1.82) is 0 Å². The van der Waals surface area contributed by atoms with Crippen molar-refractivity contribution in [2.45, 2.75) is 40.2 Å². The van der Waals surface area contributed by atoms with Crippen LogP contribution in [0.15, 0.2) is 18.2 Å². The number of carbonyl (C=O) groups is 1. The fraction of sp³-hybridized carbons (Fsp3) is 0.462. The number of ether oxygens (including phenoxy) is 1. The third-order valence-corrected chi connectivity index (χ3v) is 2.10. The van der Waals surface area contributed by atoms with E-state index in [1.54, 1.807) is 12.1 Å². The van der Waals surface area contributed by atoms with Crippen molar-refractivity contribution in [1.82, 2.24) is 0 Å². The van der Waals surface area contributed by atoms with Crippen LogP contribution < -0.4 is 4.74 Å². The Morgan fingerprint density at radius 1 is 1.41 bits per heavy atom. The van der Waals surface area contributed by atoms with Crippen LogP contribution in [0.2, 0.25) is 0 Å². The summed E-state index contributed by atoms with van der Waals surface area (Å²) >= 11 is 0. The van der Waals surface area contributed by atoms with E-state index in [0.29, 0.717) is 5.75 Å².